The molecule has 1 aliphatic heterocycles. The zero-order valence-electron chi connectivity index (χ0n) is 17.1. The molecule has 4 rings (SSSR count). The van der Waals surface area contributed by atoms with Crippen molar-refractivity contribution in [2.24, 2.45) is 0 Å². The second kappa shape index (κ2) is 7.67. The van der Waals surface area contributed by atoms with E-state index in [0.29, 0.717) is 11.5 Å². The van der Waals surface area contributed by atoms with Gasteiger partial charge >= 0.3 is 11.9 Å². The number of esters is 2. The fourth-order valence-corrected chi connectivity index (χ4v) is 3.72. The first kappa shape index (κ1) is 19.7. The summed E-state index contributed by atoms with van der Waals surface area (Å²) in [6, 6.07) is 17.7. The Morgan fingerprint density at radius 1 is 0.867 bits per heavy atom. The molecule has 1 heterocycles. The summed E-state index contributed by atoms with van der Waals surface area (Å²) in [6.07, 6.45) is 0. The normalized spacial score (nSPS) is 14.7. The van der Waals surface area contributed by atoms with Gasteiger partial charge in [-0.05, 0) is 69.8 Å². The molecule has 0 amide bonds. The molecule has 0 aromatic heterocycles. The monoisotopic (exact) mass is 402 g/mol. The number of hydrogen-bond acceptors (Lipinski definition) is 5. The number of hydrogen-bond donors (Lipinski definition) is 0. The van der Waals surface area contributed by atoms with Crippen molar-refractivity contribution in [3.63, 3.8) is 0 Å². The van der Waals surface area contributed by atoms with E-state index in [-0.39, 0.29) is 5.95 Å². The number of fused-ring (bicyclic) bond motifs is 1. The first-order valence-electron chi connectivity index (χ1n) is 9.71. The van der Waals surface area contributed by atoms with Gasteiger partial charge in [0.15, 0.2) is 5.92 Å². The molecule has 0 radical (unpaired) electrons. The third-order valence-electron chi connectivity index (χ3n) is 5.28. The van der Waals surface area contributed by atoms with Gasteiger partial charge in [0.1, 0.15) is 5.75 Å². The van der Waals surface area contributed by atoms with Crippen LogP contribution in [0.25, 0.3) is 21.9 Å². The predicted octanol–water partition coefficient (Wildman–Crippen LogP) is 5.29. The third kappa shape index (κ3) is 3.54. The Labute approximate surface area is 174 Å². The fraction of sp³-hybridized carbons (Fsp3) is 0.200. The zero-order valence-corrected chi connectivity index (χ0v) is 17.1. The molecule has 1 saturated heterocycles. The van der Waals surface area contributed by atoms with E-state index in [1.165, 1.54) is 0 Å². The SMILES string of the molecule is C=C1OC(=O)C(c2ccc3cc(-c4ccc(OC)c(C(C)C)c4)ccc3c2)C(=O)O1. The summed E-state index contributed by atoms with van der Waals surface area (Å²) < 4.78 is 15.2. The van der Waals surface area contributed by atoms with Gasteiger partial charge in [-0.3, -0.25) is 9.59 Å². The second-order valence-electron chi connectivity index (χ2n) is 7.58. The van der Waals surface area contributed by atoms with Crippen molar-refractivity contribution in [2.45, 2.75) is 25.7 Å². The summed E-state index contributed by atoms with van der Waals surface area (Å²) in [5.74, 6) is -1.51. The Bertz CT molecular complexity index is 1160. The van der Waals surface area contributed by atoms with E-state index in [9.17, 15) is 9.59 Å². The molecule has 0 N–H and O–H groups in total. The maximum Gasteiger partial charge on any atom is 0.332 e. The summed E-state index contributed by atoms with van der Waals surface area (Å²) in [5.41, 5.74) is 3.86. The molecular weight excluding hydrogens is 380 g/mol. The van der Waals surface area contributed by atoms with Crippen LogP contribution in [0.5, 0.6) is 5.75 Å². The van der Waals surface area contributed by atoms with E-state index in [2.05, 4.69) is 32.6 Å². The average molecular weight is 402 g/mol. The Balaban J connectivity index is 1.71. The minimum atomic E-state index is -1.10. The van der Waals surface area contributed by atoms with E-state index in [4.69, 9.17) is 14.2 Å². The van der Waals surface area contributed by atoms with Gasteiger partial charge in [0.05, 0.1) is 7.11 Å². The first-order chi connectivity index (χ1) is 14.4. The molecule has 0 bridgehead atoms. The van der Waals surface area contributed by atoms with E-state index in [1.807, 2.05) is 36.4 Å². The molecule has 152 valence electrons. The average Bonchev–Trinajstić information content (AvgIpc) is 2.72. The molecule has 3 aromatic carbocycles. The van der Waals surface area contributed by atoms with Gasteiger partial charge in [-0.1, -0.05) is 44.2 Å². The molecule has 0 aliphatic carbocycles. The molecule has 0 atom stereocenters. The van der Waals surface area contributed by atoms with Gasteiger partial charge in [-0.2, -0.15) is 0 Å². The van der Waals surface area contributed by atoms with Gasteiger partial charge in [0.25, 0.3) is 5.95 Å². The lowest BCUT2D eigenvalue weighted by Gasteiger charge is -2.21. The maximum absolute atomic E-state index is 12.1. The minimum Gasteiger partial charge on any atom is -0.496 e. The highest BCUT2D eigenvalue weighted by Gasteiger charge is 2.37. The largest absolute Gasteiger partial charge is 0.496 e. The summed E-state index contributed by atoms with van der Waals surface area (Å²) in [5, 5.41) is 1.92. The fourth-order valence-electron chi connectivity index (χ4n) is 3.72. The summed E-state index contributed by atoms with van der Waals surface area (Å²) >= 11 is 0. The van der Waals surface area contributed by atoms with E-state index in [1.54, 1.807) is 13.2 Å². The topological polar surface area (TPSA) is 61.8 Å². The molecule has 5 nitrogen and oxygen atoms in total. The van der Waals surface area contributed by atoms with Crippen LogP contribution in [0.1, 0.15) is 36.8 Å². The Hall–Kier alpha value is -3.60. The second-order valence-corrected chi connectivity index (χ2v) is 7.58. The van der Waals surface area contributed by atoms with Gasteiger partial charge in [-0.15, -0.1) is 0 Å². The molecule has 30 heavy (non-hydrogen) atoms. The number of cyclic esters (lactones) is 2. The highest BCUT2D eigenvalue weighted by atomic mass is 16.7. The van der Waals surface area contributed by atoms with Crippen LogP contribution >= 0.6 is 0 Å². The number of benzene rings is 3. The Morgan fingerprint density at radius 3 is 2.13 bits per heavy atom. The summed E-state index contributed by atoms with van der Waals surface area (Å²) in [7, 11) is 1.68. The van der Waals surface area contributed by atoms with Crippen molar-refractivity contribution in [1.82, 2.24) is 0 Å². The highest BCUT2D eigenvalue weighted by molar-refractivity contribution is 6.03. The molecule has 1 fully saturated rings. The van der Waals surface area contributed by atoms with Crippen LogP contribution in [-0.2, 0) is 19.1 Å². The highest BCUT2D eigenvalue weighted by Crippen LogP contribution is 2.34. The maximum atomic E-state index is 12.1. The van der Waals surface area contributed by atoms with Crippen LogP contribution in [0.4, 0.5) is 0 Å². The van der Waals surface area contributed by atoms with E-state index >= 15 is 0 Å². The molecule has 1 aliphatic rings. The number of carbonyl (C=O) groups is 2. The number of ether oxygens (including phenoxy) is 3. The smallest absolute Gasteiger partial charge is 0.332 e. The lowest BCUT2D eigenvalue weighted by molar-refractivity contribution is -0.170. The van der Waals surface area contributed by atoms with Crippen LogP contribution in [0.15, 0.2) is 67.1 Å². The number of carbonyl (C=O) groups excluding carboxylic acids is 2. The molecule has 0 spiro atoms. The summed E-state index contributed by atoms with van der Waals surface area (Å²) in [6.45, 7) is 7.64. The van der Waals surface area contributed by atoms with Crippen molar-refractivity contribution in [2.75, 3.05) is 7.11 Å². The van der Waals surface area contributed by atoms with Crippen LogP contribution < -0.4 is 4.74 Å². The van der Waals surface area contributed by atoms with Crippen molar-refractivity contribution in [3.05, 3.63) is 78.2 Å². The van der Waals surface area contributed by atoms with Gasteiger partial charge in [0, 0.05) is 0 Å². The van der Waals surface area contributed by atoms with Crippen molar-refractivity contribution in [1.29, 1.82) is 0 Å². The Morgan fingerprint density at radius 2 is 1.47 bits per heavy atom. The molecule has 3 aromatic rings. The van der Waals surface area contributed by atoms with Crippen LogP contribution in [0.2, 0.25) is 0 Å². The minimum absolute atomic E-state index is 0.285. The van der Waals surface area contributed by atoms with Crippen molar-refractivity contribution >= 4 is 22.7 Å². The number of methoxy groups -OCH3 is 1. The van der Waals surface area contributed by atoms with Crippen molar-refractivity contribution in [3.8, 4) is 16.9 Å². The van der Waals surface area contributed by atoms with E-state index in [0.717, 1.165) is 33.2 Å². The standard InChI is InChI=1S/C25H22O5/c1-14(2)21-13-19(9-10-22(21)28-4)17-5-6-18-12-20(8-7-16(18)11-17)23-24(26)29-15(3)30-25(23)27/h5-14,23H,3H2,1-2,4H3. The van der Waals surface area contributed by atoms with Gasteiger partial charge in [0.2, 0.25) is 0 Å². The third-order valence-corrected chi connectivity index (χ3v) is 5.28. The lowest BCUT2D eigenvalue weighted by atomic mass is 9.93. The van der Waals surface area contributed by atoms with E-state index < -0.39 is 17.9 Å². The first-order valence-corrected chi connectivity index (χ1v) is 9.71. The van der Waals surface area contributed by atoms with Gasteiger partial charge < -0.3 is 14.2 Å². The molecule has 0 unspecified atom stereocenters. The number of rotatable bonds is 4. The van der Waals surface area contributed by atoms with Crippen LogP contribution in [0, 0.1) is 0 Å². The molecule has 5 heteroatoms. The Kier molecular flexibility index (Phi) is 5.04. The predicted molar refractivity (Wildman–Crippen MR) is 114 cm³/mol. The zero-order chi connectivity index (χ0) is 21.4. The molecular formula is C25H22O5. The van der Waals surface area contributed by atoms with Crippen LogP contribution in [-0.4, -0.2) is 19.0 Å². The molecule has 0 saturated carbocycles. The van der Waals surface area contributed by atoms with Gasteiger partial charge in [-0.25, -0.2) is 0 Å². The lowest BCUT2D eigenvalue weighted by Crippen LogP contribution is -2.31. The van der Waals surface area contributed by atoms with Crippen molar-refractivity contribution < 1.29 is 23.8 Å². The summed E-state index contributed by atoms with van der Waals surface area (Å²) in [4.78, 5) is 24.3. The van der Waals surface area contributed by atoms with Crippen LogP contribution in [0.3, 0.4) is 0 Å². The quantitative estimate of drug-likeness (QED) is 0.438.